The summed E-state index contributed by atoms with van der Waals surface area (Å²) in [4.78, 5) is 15.3. The summed E-state index contributed by atoms with van der Waals surface area (Å²) in [5.41, 5.74) is 0.637. The van der Waals surface area contributed by atoms with Gasteiger partial charge in [0, 0.05) is 25.6 Å². The fourth-order valence-electron chi connectivity index (χ4n) is 1.26. The first kappa shape index (κ1) is 10.7. The molecule has 84 valence electrons. The monoisotopic (exact) mass is 239 g/mol. The second-order valence-electron chi connectivity index (χ2n) is 3.23. The van der Waals surface area contributed by atoms with Crippen molar-refractivity contribution in [3.05, 3.63) is 35.6 Å². The molecule has 0 aromatic carbocycles. The number of carbonyl (C=O) groups is 1. The Balaban J connectivity index is 1.98. The van der Waals surface area contributed by atoms with Gasteiger partial charge in [-0.1, -0.05) is 11.6 Å². The Hall–Kier alpha value is -1.82. The van der Waals surface area contributed by atoms with Gasteiger partial charge in [-0.3, -0.25) is 9.25 Å². The zero-order valence-corrected chi connectivity index (χ0v) is 9.35. The van der Waals surface area contributed by atoms with E-state index in [0.29, 0.717) is 10.7 Å². The second kappa shape index (κ2) is 4.36. The Morgan fingerprint density at radius 1 is 1.62 bits per heavy atom. The molecule has 0 spiro atoms. The number of nitrogens with one attached hydrogen (secondary N) is 1. The summed E-state index contributed by atoms with van der Waals surface area (Å²) in [7, 11) is 1.77. The third kappa shape index (κ3) is 2.22. The third-order valence-corrected chi connectivity index (χ3v) is 2.32. The molecule has 2 rings (SSSR count). The molecule has 0 radical (unpaired) electrons. The van der Waals surface area contributed by atoms with E-state index in [1.807, 2.05) is 0 Å². The van der Waals surface area contributed by atoms with Crippen LogP contribution < -0.4 is 5.32 Å². The molecule has 0 aliphatic heterocycles. The van der Waals surface area contributed by atoms with Crippen LogP contribution in [-0.2, 0) is 13.6 Å². The SMILES string of the molecule is Cn1cc(Cl)c(CNC(=O)n2ccnc2)n1. The van der Waals surface area contributed by atoms with Crippen molar-refractivity contribution in [3.8, 4) is 0 Å². The van der Waals surface area contributed by atoms with Crippen LogP contribution in [-0.4, -0.2) is 25.4 Å². The molecule has 6 nitrogen and oxygen atoms in total. The molecular weight excluding hydrogens is 230 g/mol. The molecule has 0 atom stereocenters. The molecular formula is C9H10ClN5O. The Bertz CT molecular complexity index is 490. The van der Waals surface area contributed by atoms with E-state index < -0.39 is 0 Å². The van der Waals surface area contributed by atoms with Gasteiger partial charge in [-0.05, 0) is 0 Å². The first-order chi connectivity index (χ1) is 7.66. The number of rotatable bonds is 2. The van der Waals surface area contributed by atoms with Gasteiger partial charge in [-0.25, -0.2) is 9.78 Å². The van der Waals surface area contributed by atoms with Gasteiger partial charge in [0.1, 0.15) is 12.0 Å². The van der Waals surface area contributed by atoms with Gasteiger partial charge in [0.05, 0.1) is 11.6 Å². The van der Waals surface area contributed by atoms with Crippen LogP contribution in [0.25, 0.3) is 0 Å². The number of imidazole rings is 1. The molecule has 0 fully saturated rings. The first-order valence-corrected chi connectivity index (χ1v) is 4.99. The van der Waals surface area contributed by atoms with E-state index in [4.69, 9.17) is 11.6 Å². The normalized spacial score (nSPS) is 10.4. The second-order valence-corrected chi connectivity index (χ2v) is 3.63. The first-order valence-electron chi connectivity index (χ1n) is 4.61. The van der Waals surface area contributed by atoms with Gasteiger partial charge in [-0.15, -0.1) is 0 Å². The van der Waals surface area contributed by atoms with E-state index in [-0.39, 0.29) is 12.6 Å². The highest BCUT2D eigenvalue weighted by atomic mass is 35.5. The van der Waals surface area contributed by atoms with Crippen LogP contribution in [0.3, 0.4) is 0 Å². The summed E-state index contributed by atoms with van der Waals surface area (Å²) in [5.74, 6) is 0. The maximum atomic E-state index is 11.5. The predicted octanol–water partition coefficient (Wildman–Crippen LogP) is 1.03. The number of hydrogen-bond donors (Lipinski definition) is 1. The molecule has 0 saturated heterocycles. The smallest absolute Gasteiger partial charge is 0.327 e. The van der Waals surface area contributed by atoms with Crippen molar-refractivity contribution in [1.29, 1.82) is 0 Å². The number of aromatic nitrogens is 4. The Labute approximate surface area is 96.8 Å². The van der Waals surface area contributed by atoms with E-state index in [0.717, 1.165) is 0 Å². The minimum absolute atomic E-state index is 0.265. The Morgan fingerprint density at radius 2 is 2.44 bits per heavy atom. The summed E-state index contributed by atoms with van der Waals surface area (Å²) in [6, 6.07) is -0.265. The topological polar surface area (TPSA) is 64.7 Å². The van der Waals surface area contributed by atoms with Gasteiger partial charge < -0.3 is 5.32 Å². The van der Waals surface area contributed by atoms with Crippen LogP contribution in [0.1, 0.15) is 5.69 Å². The minimum Gasteiger partial charge on any atom is -0.332 e. The third-order valence-electron chi connectivity index (χ3n) is 2.00. The van der Waals surface area contributed by atoms with Crippen molar-refractivity contribution in [3.63, 3.8) is 0 Å². The quantitative estimate of drug-likeness (QED) is 0.851. The number of carbonyl (C=O) groups excluding carboxylic acids is 1. The van der Waals surface area contributed by atoms with E-state index >= 15 is 0 Å². The zero-order chi connectivity index (χ0) is 11.5. The summed E-state index contributed by atoms with van der Waals surface area (Å²) in [6.45, 7) is 0.288. The number of aryl methyl sites for hydroxylation is 1. The van der Waals surface area contributed by atoms with Crippen molar-refractivity contribution >= 4 is 17.6 Å². The van der Waals surface area contributed by atoms with E-state index in [1.54, 1.807) is 24.1 Å². The van der Waals surface area contributed by atoms with Gasteiger partial charge in [0.2, 0.25) is 0 Å². The number of halogens is 1. The summed E-state index contributed by atoms with van der Waals surface area (Å²) in [5, 5.41) is 7.32. The molecule has 0 saturated carbocycles. The van der Waals surface area contributed by atoms with Crippen LogP contribution in [0.5, 0.6) is 0 Å². The van der Waals surface area contributed by atoms with Gasteiger partial charge >= 0.3 is 6.03 Å². The van der Waals surface area contributed by atoms with Gasteiger partial charge in [0.25, 0.3) is 0 Å². The molecule has 2 heterocycles. The van der Waals surface area contributed by atoms with Crippen molar-refractivity contribution in [1.82, 2.24) is 24.6 Å². The minimum atomic E-state index is -0.265. The van der Waals surface area contributed by atoms with E-state index in [1.165, 1.54) is 17.1 Å². The molecule has 1 N–H and O–H groups in total. The van der Waals surface area contributed by atoms with Crippen molar-refractivity contribution < 1.29 is 4.79 Å². The molecule has 0 aliphatic carbocycles. The zero-order valence-electron chi connectivity index (χ0n) is 8.59. The van der Waals surface area contributed by atoms with E-state index in [2.05, 4.69) is 15.4 Å². The Morgan fingerprint density at radius 3 is 3.00 bits per heavy atom. The van der Waals surface area contributed by atoms with Crippen LogP contribution >= 0.6 is 11.6 Å². The average molecular weight is 240 g/mol. The molecule has 0 bridgehead atoms. The molecule has 16 heavy (non-hydrogen) atoms. The summed E-state index contributed by atoms with van der Waals surface area (Å²) < 4.78 is 2.94. The highest BCUT2D eigenvalue weighted by Gasteiger charge is 2.08. The van der Waals surface area contributed by atoms with E-state index in [9.17, 15) is 4.79 Å². The highest BCUT2D eigenvalue weighted by Crippen LogP contribution is 2.12. The van der Waals surface area contributed by atoms with Crippen molar-refractivity contribution in [2.24, 2.45) is 7.05 Å². The van der Waals surface area contributed by atoms with Gasteiger partial charge in [-0.2, -0.15) is 5.10 Å². The molecule has 0 unspecified atom stereocenters. The fourth-order valence-corrected chi connectivity index (χ4v) is 1.50. The molecule has 1 amide bonds. The Kier molecular flexibility index (Phi) is 2.91. The van der Waals surface area contributed by atoms with Crippen molar-refractivity contribution in [2.75, 3.05) is 0 Å². The standard InChI is InChI=1S/C9H10ClN5O/c1-14-5-7(10)8(13-14)4-12-9(16)15-3-2-11-6-15/h2-3,5-6H,4H2,1H3,(H,12,16). The average Bonchev–Trinajstić information content (AvgIpc) is 2.84. The van der Waals surface area contributed by atoms with Crippen LogP contribution in [0, 0.1) is 0 Å². The lowest BCUT2D eigenvalue weighted by molar-refractivity contribution is 0.242. The lowest BCUT2D eigenvalue weighted by Crippen LogP contribution is -2.27. The van der Waals surface area contributed by atoms with Gasteiger partial charge in [0.15, 0.2) is 0 Å². The number of nitrogens with zero attached hydrogens (tertiary/aromatic N) is 4. The molecule has 2 aromatic rings. The summed E-state index contributed by atoms with van der Waals surface area (Å²) in [6.07, 6.45) is 6.21. The maximum Gasteiger partial charge on any atom is 0.327 e. The number of amides is 1. The van der Waals surface area contributed by atoms with Crippen LogP contribution in [0.4, 0.5) is 4.79 Å². The van der Waals surface area contributed by atoms with Crippen molar-refractivity contribution in [2.45, 2.75) is 6.54 Å². The van der Waals surface area contributed by atoms with Crippen LogP contribution in [0.15, 0.2) is 24.9 Å². The molecule has 0 aliphatic rings. The fraction of sp³-hybridized carbons (Fsp3) is 0.222. The summed E-state index contributed by atoms with van der Waals surface area (Å²) >= 11 is 5.90. The molecule has 2 aromatic heterocycles. The largest absolute Gasteiger partial charge is 0.332 e. The maximum absolute atomic E-state index is 11.5. The highest BCUT2D eigenvalue weighted by molar-refractivity contribution is 6.31. The number of hydrogen-bond acceptors (Lipinski definition) is 3. The van der Waals surface area contributed by atoms with Crippen LogP contribution in [0.2, 0.25) is 5.02 Å². The predicted molar refractivity (Wildman–Crippen MR) is 58.1 cm³/mol. The lowest BCUT2D eigenvalue weighted by atomic mass is 10.4. The molecule has 7 heteroatoms. The lowest BCUT2D eigenvalue weighted by Gasteiger charge is -2.02.